The molecule has 0 fully saturated rings. The van der Waals surface area contributed by atoms with Crippen LogP contribution < -0.4 is 5.32 Å². The van der Waals surface area contributed by atoms with Gasteiger partial charge in [-0.3, -0.25) is 0 Å². The number of nitrogens with zero attached hydrogens (tertiary/aromatic N) is 3. The quantitative estimate of drug-likeness (QED) is 0.296. The Morgan fingerprint density at radius 2 is 2.53 bits per heavy atom. The number of nitrogens with one attached hydrogen (secondary N) is 1. The van der Waals surface area contributed by atoms with E-state index in [-0.39, 0.29) is 12.5 Å². The maximum absolute atomic E-state index is 10.6. The summed E-state index contributed by atoms with van der Waals surface area (Å²) in [6.07, 6.45) is 7.72. The highest BCUT2D eigenvalue weighted by Crippen LogP contribution is 2.07. The third-order valence-electron chi connectivity index (χ3n) is 2.09. The third-order valence-corrected chi connectivity index (χ3v) is 2.09. The molecule has 2 N–H and O–H groups in total. The first-order chi connectivity index (χ1) is 8.15. The van der Waals surface area contributed by atoms with E-state index in [9.17, 15) is 15.2 Å². The second-order valence-corrected chi connectivity index (χ2v) is 3.45. The van der Waals surface area contributed by atoms with Gasteiger partial charge in [-0.2, -0.15) is 0 Å². The molecule has 1 aromatic rings. The van der Waals surface area contributed by atoms with Crippen molar-refractivity contribution in [2.45, 2.75) is 19.1 Å². The zero-order valence-electron chi connectivity index (χ0n) is 9.24. The molecule has 0 bridgehead atoms. The minimum atomic E-state index is -0.722. The van der Waals surface area contributed by atoms with E-state index in [1.54, 1.807) is 0 Å². The van der Waals surface area contributed by atoms with Gasteiger partial charge in [0.25, 0.3) is 0 Å². The van der Waals surface area contributed by atoms with Crippen LogP contribution in [0.15, 0.2) is 12.4 Å². The van der Waals surface area contributed by atoms with Gasteiger partial charge in [0, 0.05) is 19.5 Å². The number of nitro groups is 1. The topological polar surface area (TPSA) is 93.2 Å². The van der Waals surface area contributed by atoms with Gasteiger partial charge in [0.05, 0.1) is 12.6 Å². The van der Waals surface area contributed by atoms with Crippen LogP contribution in [0.4, 0.5) is 5.95 Å². The van der Waals surface area contributed by atoms with E-state index in [1.165, 1.54) is 17.0 Å². The van der Waals surface area contributed by atoms with Gasteiger partial charge >= 0.3 is 5.95 Å². The Hall–Kier alpha value is -1.91. The molecule has 0 saturated carbocycles. The van der Waals surface area contributed by atoms with E-state index in [1.807, 2.05) is 0 Å². The lowest BCUT2D eigenvalue weighted by Gasteiger charge is -2.10. The van der Waals surface area contributed by atoms with Gasteiger partial charge in [0.2, 0.25) is 0 Å². The second-order valence-electron chi connectivity index (χ2n) is 3.45. The maximum Gasteiger partial charge on any atom is 0.434 e. The van der Waals surface area contributed by atoms with Crippen LogP contribution in [0.5, 0.6) is 0 Å². The van der Waals surface area contributed by atoms with Crippen LogP contribution >= 0.6 is 0 Å². The molecule has 0 aromatic carbocycles. The number of hydrogen-bond donors (Lipinski definition) is 2. The Balaban J connectivity index is 2.40. The minimum absolute atomic E-state index is 0.124. The molecule has 0 radical (unpaired) electrons. The first kappa shape index (κ1) is 13.2. The van der Waals surface area contributed by atoms with Crippen LogP contribution in [0.3, 0.4) is 0 Å². The van der Waals surface area contributed by atoms with Crippen molar-refractivity contribution in [1.82, 2.24) is 14.9 Å². The molecule has 7 nitrogen and oxygen atoms in total. The normalized spacial score (nSPS) is 12.0. The van der Waals surface area contributed by atoms with Crippen LogP contribution in [0, 0.1) is 22.5 Å². The molecular formula is C10H14N4O3. The fraction of sp³-hybridized carbons (Fsp3) is 0.500. The summed E-state index contributed by atoms with van der Waals surface area (Å²) in [5.41, 5.74) is 0. The summed E-state index contributed by atoms with van der Waals surface area (Å²) in [6.45, 7) is 1.07. The van der Waals surface area contributed by atoms with E-state index >= 15 is 0 Å². The molecule has 1 rings (SSSR count). The lowest BCUT2D eigenvalue weighted by molar-refractivity contribution is -0.397. The molecule has 92 valence electrons. The second kappa shape index (κ2) is 6.62. The van der Waals surface area contributed by atoms with Crippen molar-refractivity contribution in [3.8, 4) is 12.3 Å². The Morgan fingerprint density at radius 3 is 3.18 bits per heavy atom. The van der Waals surface area contributed by atoms with Gasteiger partial charge in [0.15, 0.2) is 0 Å². The van der Waals surface area contributed by atoms with Crippen molar-refractivity contribution in [3.05, 3.63) is 22.5 Å². The standard InChI is InChI=1S/C10H14N4O3/c1-2-3-4-11-7-9(15)8-13-6-5-12-10(13)14(16)17/h1,5-6,9,11,15H,3-4,7-8H2. The number of aliphatic hydroxyl groups excluding tert-OH is 1. The summed E-state index contributed by atoms with van der Waals surface area (Å²) in [6, 6.07) is 0. The van der Waals surface area contributed by atoms with E-state index < -0.39 is 11.0 Å². The summed E-state index contributed by atoms with van der Waals surface area (Å²) < 4.78 is 1.30. The molecule has 1 aromatic heterocycles. The summed E-state index contributed by atoms with van der Waals surface area (Å²) >= 11 is 0. The van der Waals surface area contributed by atoms with Crippen LogP contribution in [0.25, 0.3) is 0 Å². The average Bonchev–Trinajstić information content (AvgIpc) is 2.72. The van der Waals surface area contributed by atoms with Crippen molar-refractivity contribution >= 4 is 5.95 Å². The summed E-state index contributed by atoms with van der Waals surface area (Å²) in [4.78, 5) is 13.6. The Labute approximate surface area is 98.6 Å². The number of rotatable bonds is 7. The minimum Gasteiger partial charge on any atom is -0.390 e. The fourth-order valence-corrected chi connectivity index (χ4v) is 1.34. The molecular weight excluding hydrogens is 224 g/mol. The highest BCUT2D eigenvalue weighted by molar-refractivity contribution is 5.06. The van der Waals surface area contributed by atoms with Gasteiger partial charge in [-0.05, 0) is 4.92 Å². The molecule has 0 aliphatic heterocycles. The summed E-state index contributed by atoms with van der Waals surface area (Å²) in [5.74, 6) is 2.19. The van der Waals surface area contributed by atoms with E-state index in [2.05, 4.69) is 16.2 Å². The van der Waals surface area contributed by atoms with Gasteiger partial charge in [-0.25, -0.2) is 4.57 Å². The summed E-state index contributed by atoms with van der Waals surface area (Å²) in [5, 5.41) is 23.2. The lowest BCUT2D eigenvalue weighted by atomic mass is 10.3. The van der Waals surface area contributed by atoms with Crippen LogP contribution in [-0.2, 0) is 6.54 Å². The van der Waals surface area contributed by atoms with Crippen molar-refractivity contribution in [3.63, 3.8) is 0 Å². The smallest absolute Gasteiger partial charge is 0.390 e. The van der Waals surface area contributed by atoms with Crippen molar-refractivity contribution < 1.29 is 10.0 Å². The van der Waals surface area contributed by atoms with E-state index in [0.717, 1.165) is 0 Å². The fourth-order valence-electron chi connectivity index (χ4n) is 1.34. The largest absolute Gasteiger partial charge is 0.434 e. The molecule has 0 spiro atoms. The Morgan fingerprint density at radius 1 is 1.76 bits per heavy atom. The molecule has 0 saturated heterocycles. The van der Waals surface area contributed by atoms with Crippen molar-refractivity contribution in [2.75, 3.05) is 13.1 Å². The van der Waals surface area contributed by atoms with Crippen LogP contribution in [0.2, 0.25) is 0 Å². The zero-order valence-corrected chi connectivity index (χ0v) is 9.24. The molecule has 1 atom stereocenters. The predicted octanol–water partition coefficient (Wildman–Crippen LogP) is -0.235. The van der Waals surface area contributed by atoms with Gasteiger partial charge < -0.3 is 20.5 Å². The molecule has 17 heavy (non-hydrogen) atoms. The summed E-state index contributed by atoms with van der Waals surface area (Å²) in [7, 11) is 0. The Kier molecular flexibility index (Phi) is 5.13. The number of hydrogen-bond acceptors (Lipinski definition) is 5. The highest BCUT2D eigenvalue weighted by Gasteiger charge is 2.16. The van der Waals surface area contributed by atoms with Crippen molar-refractivity contribution in [2.24, 2.45) is 0 Å². The predicted molar refractivity (Wildman–Crippen MR) is 61.2 cm³/mol. The molecule has 7 heteroatoms. The Bertz CT molecular complexity index is 410. The molecule has 1 unspecified atom stereocenters. The SMILES string of the molecule is C#CCCNCC(O)Cn1ccnc1[N+](=O)[O-]. The van der Waals surface area contributed by atoms with Gasteiger partial charge in [-0.15, -0.1) is 12.3 Å². The third kappa shape index (κ3) is 4.22. The van der Waals surface area contributed by atoms with Gasteiger partial charge in [0.1, 0.15) is 12.4 Å². The van der Waals surface area contributed by atoms with E-state index in [4.69, 9.17) is 6.42 Å². The molecule has 1 heterocycles. The lowest BCUT2D eigenvalue weighted by Crippen LogP contribution is -2.30. The number of aromatic nitrogens is 2. The molecule has 0 amide bonds. The van der Waals surface area contributed by atoms with E-state index in [0.29, 0.717) is 19.5 Å². The maximum atomic E-state index is 10.6. The van der Waals surface area contributed by atoms with Crippen molar-refractivity contribution in [1.29, 1.82) is 0 Å². The highest BCUT2D eigenvalue weighted by atomic mass is 16.6. The zero-order chi connectivity index (χ0) is 12.7. The number of aliphatic hydroxyl groups is 1. The first-order valence-corrected chi connectivity index (χ1v) is 5.13. The monoisotopic (exact) mass is 238 g/mol. The van der Waals surface area contributed by atoms with Crippen LogP contribution in [-0.4, -0.2) is 38.8 Å². The van der Waals surface area contributed by atoms with Crippen LogP contribution in [0.1, 0.15) is 6.42 Å². The number of terminal acetylenes is 1. The van der Waals surface area contributed by atoms with Gasteiger partial charge in [-0.1, -0.05) is 4.98 Å². The average molecular weight is 238 g/mol. The molecule has 0 aliphatic carbocycles. The number of imidazole rings is 1. The first-order valence-electron chi connectivity index (χ1n) is 5.13. The molecule has 0 aliphatic rings.